The minimum atomic E-state index is -0.323. The molecule has 2 aromatic heterocycles. The van der Waals surface area contributed by atoms with Crippen LogP contribution in [0.5, 0.6) is 0 Å². The first-order valence-corrected chi connectivity index (χ1v) is 7.30. The van der Waals surface area contributed by atoms with Crippen molar-refractivity contribution in [1.82, 2.24) is 10.2 Å². The Morgan fingerprint density at radius 3 is 2.68 bits per heavy atom. The van der Waals surface area contributed by atoms with Crippen LogP contribution < -0.4 is 5.32 Å². The lowest BCUT2D eigenvalue weighted by Gasteiger charge is -2.00. The van der Waals surface area contributed by atoms with E-state index in [1.807, 2.05) is 26.0 Å². The Hall–Kier alpha value is -2.41. The van der Waals surface area contributed by atoms with Crippen molar-refractivity contribution in [2.45, 2.75) is 13.8 Å². The molecule has 112 valence electrons. The van der Waals surface area contributed by atoms with Crippen LogP contribution in [-0.4, -0.2) is 16.1 Å². The van der Waals surface area contributed by atoms with E-state index in [0.717, 1.165) is 10.2 Å². The van der Waals surface area contributed by atoms with Gasteiger partial charge in [-0.05, 0) is 38.1 Å². The van der Waals surface area contributed by atoms with Gasteiger partial charge in [0.2, 0.25) is 0 Å². The number of nitrogens with one attached hydrogen (secondary N) is 1. The maximum absolute atomic E-state index is 12.1. The van der Waals surface area contributed by atoms with Crippen molar-refractivity contribution < 1.29 is 13.6 Å². The molecule has 0 saturated heterocycles. The average molecular weight is 362 g/mol. The molecule has 22 heavy (non-hydrogen) atoms. The van der Waals surface area contributed by atoms with Crippen molar-refractivity contribution in [3.63, 3.8) is 0 Å². The van der Waals surface area contributed by atoms with Crippen LogP contribution in [0.1, 0.15) is 21.9 Å². The number of carbonyl (C=O) groups excluding carboxylic acids is 1. The summed E-state index contributed by atoms with van der Waals surface area (Å²) in [6.07, 6.45) is 0. The summed E-state index contributed by atoms with van der Waals surface area (Å²) in [5, 5.41) is 10.3. The van der Waals surface area contributed by atoms with Crippen LogP contribution in [0.2, 0.25) is 0 Å². The summed E-state index contributed by atoms with van der Waals surface area (Å²) in [6, 6.07) is 8.86. The second kappa shape index (κ2) is 5.76. The highest BCUT2D eigenvalue weighted by molar-refractivity contribution is 9.10. The van der Waals surface area contributed by atoms with E-state index < -0.39 is 0 Å². The summed E-state index contributed by atoms with van der Waals surface area (Å²) in [7, 11) is 0. The second-order valence-electron chi connectivity index (χ2n) is 4.70. The molecule has 2 heterocycles. The van der Waals surface area contributed by atoms with Gasteiger partial charge in [-0.3, -0.25) is 10.1 Å². The SMILES string of the molecule is Cc1cc(-c2nnc(NC(=O)c3cccc(Br)c3)o2)c(C)o1. The van der Waals surface area contributed by atoms with E-state index in [1.165, 1.54) is 0 Å². The highest BCUT2D eigenvalue weighted by atomic mass is 79.9. The van der Waals surface area contributed by atoms with E-state index in [1.54, 1.807) is 18.2 Å². The summed E-state index contributed by atoms with van der Waals surface area (Å²) in [6.45, 7) is 3.65. The van der Waals surface area contributed by atoms with Crippen LogP contribution in [0.25, 0.3) is 11.5 Å². The first kappa shape index (κ1) is 14.5. The van der Waals surface area contributed by atoms with Crippen molar-refractivity contribution >= 4 is 27.9 Å². The van der Waals surface area contributed by atoms with Crippen LogP contribution in [0.4, 0.5) is 6.01 Å². The molecular weight excluding hydrogens is 350 g/mol. The van der Waals surface area contributed by atoms with E-state index >= 15 is 0 Å². The minimum Gasteiger partial charge on any atom is -0.466 e. The molecular formula is C15H12BrN3O3. The molecule has 0 aliphatic carbocycles. The van der Waals surface area contributed by atoms with Crippen LogP contribution in [0, 0.1) is 13.8 Å². The fourth-order valence-corrected chi connectivity index (χ4v) is 2.42. The van der Waals surface area contributed by atoms with Crippen LogP contribution in [-0.2, 0) is 0 Å². The third-order valence-corrected chi connectivity index (χ3v) is 3.50. The molecule has 1 amide bonds. The Morgan fingerprint density at radius 1 is 1.18 bits per heavy atom. The smallest absolute Gasteiger partial charge is 0.322 e. The zero-order valence-corrected chi connectivity index (χ0v) is 13.5. The number of carbonyl (C=O) groups is 1. The quantitative estimate of drug-likeness (QED) is 0.763. The molecule has 0 radical (unpaired) electrons. The van der Waals surface area contributed by atoms with E-state index in [0.29, 0.717) is 22.8 Å². The second-order valence-corrected chi connectivity index (χ2v) is 5.62. The fourth-order valence-electron chi connectivity index (χ4n) is 2.02. The number of hydrogen-bond acceptors (Lipinski definition) is 5. The van der Waals surface area contributed by atoms with Crippen molar-refractivity contribution in [3.8, 4) is 11.5 Å². The molecule has 0 fully saturated rings. The largest absolute Gasteiger partial charge is 0.466 e. The highest BCUT2D eigenvalue weighted by Gasteiger charge is 2.16. The number of amides is 1. The Bertz CT molecular complexity index is 838. The van der Waals surface area contributed by atoms with Crippen molar-refractivity contribution in [2.75, 3.05) is 5.32 Å². The van der Waals surface area contributed by atoms with E-state index in [4.69, 9.17) is 8.83 Å². The predicted octanol–water partition coefficient (Wildman–Crippen LogP) is 3.96. The van der Waals surface area contributed by atoms with Crippen molar-refractivity contribution in [3.05, 3.63) is 51.9 Å². The Balaban J connectivity index is 1.80. The third-order valence-electron chi connectivity index (χ3n) is 3.00. The molecule has 0 unspecified atom stereocenters. The lowest BCUT2D eigenvalue weighted by molar-refractivity contribution is 0.102. The molecule has 7 heteroatoms. The van der Waals surface area contributed by atoms with Gasteiger partial charge in [0.25, 0.3) is 11.8 Å². The van der Waals surface area contributed by atoms with Crippen LogP contribution in [0.15, 0.2) is 43.6 Å². The third kappa shape index (κ3) is 2.94. The number of hydrogen-bond donors (Lipinski definition) is 1. The maximum atomic E-state index is 12.1. The first-order valence-electron chi connectivity index (χ1n) is 6.51. The molecule has 0 bridgehead atoms. The number of benzene rings is 1. The summed E-state index contributed by atoms with van der Waals surface area (Å²) in [5.41, 5.74) is 1.21. The van der Waals surface area contributed by atoms with Gasteiger partial charge < -0.3 is 8.83 Å². The van der Waals surface area contributed by atoms with Gasteiger partial charge >= 0.3 is 6.01 Å². The molecule has 6 nitrogen and oxygen atoms in total. The number of aryl methyl sites for hydroxylation is 2. The molecule has 0 atom stereocenters. The van der Waals surface area contributed by atoms with Gasteiger partial charge in [-0.15, -0.1) is 5.10 Å². The van der Waals surface area contributed by atoms with Gasteiger partial charge in [0.05, 0.1) is 5.56 Å². The highest BCUT2D eigenvalue weighted by Crippen LogP contribution is 2.26. The lowest BCUT2D eigenvalue weighted by Crippen LogP contribution is -2.11. The molecule has 0 spiro atoms. The first-order chi connectivity index (χ1) is 10.5. The number of aromatic nitrogens is 2. The summed E-state index contributed by atoms with van der Waals surface area (Å²) in [4.78, 5) is 12.1. The molecule has 0 saturated carbocycles. The van der Waals surface area contributed by atoms with Gasteiger partial charge in [0, 0.05) is 10.0 Å². The van der Waals surface area contributed by atoms with Gasteiger partial charge in [0.1, 0.15) is 11.5 Å². The number of anilines is 1. The van der Waals surface area contributed by atoms with Gasteiger partial charge in [-0.1, -0.05) is 27.1 Å². The van der Waals surface area contributed by atoms with Crippen LogP contribution in [0.3, 0.4) is 0 Å². The maximum Gasteiger partial charge on any atom is 0.322 e. The summed E-state index contributed by atoms with van der Waals surface area (Å²) < 4.78 is 11.7. The summed E-state index contributed by atoms with van der Waals surface area (Å²) >= 11 is 3.32. The zero-order valence-electron chi connectivity index (χ0n) is 11.9. The van der Waals surface area contributed by atoms with E-state index in [2.05, 4.69) is 31.4 Å². The topological polar surface area (TPSA) is 81.2 Å². The number of rotatable bonds is 3. The summed E-state index contributed by atoms with van der Waals surface area (Å²) in [5.74, 6) is 1.42. The molecule has 0 aliphatic heterocycles. The number of furan rings is 1. The van der Waals surface area contributed by atoms with Crippen molar-refractivity contribution in [1.29, 1.82) is 0 Å². The molecule has 1 aromatic carbocycles. The van der Waals surface area contributed by atoms with Gasteiger partial charge in [-0.2, -0.15) is 0 Å². The van der Waals surface area contributed by atoms with Crippen LogP contribution >= 0.6 is 15.9 Å². The fraction of sp³-hybridized carbons (Fsp3) is 0.133. The normalized spacial score (nSPS) is 10.7. The number of halogens is 1. The lowest BCUT2D eigenvalue weighted by atomic mass is 10.2. The Labute approximate surface area is 134 Å². The van der Waals surface area contributed by atoms with Gasteiger partial charge in [-0.25, -0.2) is 0 Å². The van der Waals surface area contributed by atoms with Gasteiger partial charge in [0.15, 0.2) is 0 Å². The minimum absolute atomic E-state index is 0.0400. The Kier molecular flexibility index (Phi) is 3.81. The molecule has 1 N–H and O–H groups in total. The monoisotopic (exact) mass is 361 g/mol. The van der Waals surface area contributed by atoms with E-state index in [9.17, 15) is 4.79 Å². The molecule has 3 rings (SSSR count). The zero-order chi connectivity index (χ0) is 15.7. The predicted molar refractivity (Wildman–Crippen MR) is 83.6 cm³/mol. The molecule has 3 aromatic rings. The number of nitrogens with zero attached hydrogens (tertiary/aromatic N) is 2. The van der Waals surface area contributed by atoms with Crippen molar-refractivity contribution in [2.24, 2.45) is 0 Å². The Morgan fingerprint density at radius 2 is 2.00 bits per heavy atom. The average Bonchev–Trinajstić information content (AvgIpc) is 3.05. The van der Waals surface area contributed by atoms with E-state index in [-0.39, 0.29) is 11.9 Å². The molecule has 0 aliphatic rings. The standard InChI is InChI=1S/C15H12BrN3O3/c1-8-6-12(9(2)21-8)14-18-19-15(22-14)17-13(20)10-4-3-5-11(16)7-10/h3-7H,1-2H3,(H,17,19,20).